The predicted octanol–water partition coefficient (Wildman–Crippen LogP) is 1.63. The highest BCUT2D eigenvalue weighted by molar-refractivity contribution is 5.75. The number of rotatable bonds is 6. The van der Waals surface area contributed by atoms with Crippen LogP contribution >= 0.6 is 0 Å². The van der Waals surface area contributed by atoms with E-state index < -0.39 is 5.97 Å². The van der Waals surface area contributed by atoms with Crippen molar-refractivity contribution in [2.45, 2.75) is 39.2 Å². The lowest BCUT2D eigenvalue weighted by Gasteiger charge is -2.31. The van der Waals surface area contributed by atoms with Gasteiger partial charge in [0, 0.05) is 26.2 Å². The molecule has 1 atom stereocenters. The van der Waals surface area contributed by atoms with Crippen LogP contribution in [0.25, 0.3) is 0 Å². The molecular formula is C12H22N2O3. The molecule has 2 amide bonds. The molecule has 0 aromatic carbocycles. The Morgan fingerprint density at radius 2 is 2.00 bits per heavy atom. The van der Waals surface area contributed by atoms with Crippen molar-refractivity contribution in [3.63, 3.8) is 0 Å². The van der Waals surface area contributed by atoms with Crippen molar-refractivity contribution < 1.29 is 14.7 Å². The molecule has 0 spiro atoms. The highest BCUT2D eigenvalue weighted by atomic mass is 16.4. The number of nitrogens with zero attached hydrogens (tertiary/aromatic N) is 2. The van der Waals surface area contributed by atoms with Crippen LogP contribution in [0, 0.1) is 5.92 Å². The third-order valence-electron chi connectivity index (χ3n) is 3.14. The second kappa shape index (κ2) is 5.89. The molecule has 1 aliphatic rings. The summed E-state index contributed by atoms with van der Waals surface area (Å²) >= 11 is 0. The van der Waals surface area contributed by atoms with Crippen molar-refractivity contribution in [1.29, 1.82) is 0 Å². The molecule has 0 aliphatic heterocycles. The zero-order valence-electron chi connectivity index (χ0n) is 10.8. The van der Waals surface area contributed by atoms with E-state index in [0.29, 0.717) is 12.5 Å². The number of aliphatic carboxylic acids is 1. The smallest absolute Gasteiger partial charge is 0.319 e. The van der Waals surface area contributed by atoms with Gasteiger partial charge in [0.1, 0.15) is 0 Å². The van der Waals surface area contributed by atoms with Gasteiger partial charge in [-0.05, 0) is 32.6 Å². The molecule has 0 aromatic heterocycles. The van der Waals surface area contributed by atoms with Gasteiger partial charge < -0.3 is 14.9 Å². The van der Waals surface area contributed by atoms with E-state index in [1.54, 1.807) is 23.8 Å². The number of carboxylic acids is 1. The highest BCUT2D eigenvalue weighted by Crippen LogP contribution is 2.29. The molecular weight excluding hydrogens is 220 g/mol. The fraction of sp³-hybridized carbons (Fsp3) is 0.833. The summed E-state index contributed by atoms with van der Waals surface area (Å²) in [6, 6.07) is -0.320. The standard InChI is InChI=1S/C12H22N2O3/c1-4-14(9(2)7-11(15)16)12(17)13(3)8-10-5-6-10/h9-10H,4-8H2,1-3H3,(H,15,16). The summed E-state index contributed by atoms with van der Waals surface area (Å²) in [6.45, 7) is 4.99. The number of urea groups is 1. The van der Waals surface area contributed by atoms with Gasteiger partial charge in [-0.1, -0.05) is 0 Å². The Hall–Kier alpha value is -1.26. The zero-order valence-corrected chi connectivity index (χ0v) is 10.8. The summed E-state index contributed by atoms with van der Waals surface area (Å²) in [7, 11) is 1.79. The molecule has 0 bridgehead atoms. The maximum Gasteiger partial charge on any atom is 0.319 e. The molecule has 5 nitrogen and oxygen atoms in total. The van der Waals surface area contributed by atoms with Gasteiger partial charge in [0.05, 0.1) is 6.42 Å². The van der Waals surface area contributed by atoms with Crippen LogP contribution in [0.1, 0.15) is 33.1 Å². The second-order valence-corrected chi connectivity index (χ2v) is 4.84. The van der Waals surface area contributed by atoms with E-state index in [2.05, 4.69) is 0 Å². The molecule has 1 fully saturated rings. The summed E-state index contributed by atoms with van der Waals surface area (Å²) in [4.78, 5) is 26.1. The molecule has 1 unspecified atom stereocenters. The van der Waals surface area contributed by atoms with Crippen LogP contribution in [0.4, 0.5) is 4.79 Å². The Bertz CT molecular complexity index is 289. The summed E-state index contributed by atoms with van der Waals surface area (Å²) in [6.07, 6.45) is 2.40. The van der Waals surface area contributed by atoms with Gasteiger partial charge in [0.15, 0.2) is 0 Å². The van der Waals surface area contributed by atoms with Crippen molar-refractivity contribution in [3.05, 3.63) is 0 Å². The van der Waals surface area contributed by atoms with Crippen LogP contribution in [0.5, 0.6) is 0 Å². The van der Waals surface area contributed by atoms with Crippen LogP contribution in [0.2, 0.25) is 0 Å². The van der Waals surface area contributed by atoms with Crippen LogP contribution in [-0.4, -0.2) is 53.1 Å². The van der Waals surface area contributed by atoms with E-state index in [-0.39, 0.29) is 18.5 Å². The summed E-state index contributed by atoms with van der Waals surface area (Å²) < 4.78 is 0. The van der Waals surface area contributed by atoms with Gasteiger partial charge >= 0.3 is 12.0 Å². The minimum absolute atomic E-state index is 0.00313. The molecule has 0 aromatic rings. The van der Waals surface area contributed by atoms with Gasteiger partial charge in [-0.25, -0.2) is 4.79 Å². The lowest BCUT2D eigenvalue weighted by atomic mass is 10.2. The van der Waals surface area contributed by atoms with Gasteiger partial charge in [-0.3, -0.25) is 4.79 Å². The fourth-order valence-corrected chi connectivity index (χ4v) is 1.98. The first-order valence-corrected chi connectivity index (χ1v) is 6.19. The third-order valence-corrected chi connectivity index (χ3v) is 3.14. The molecule has 17 heavy (non-hydrogen) atoms. The Balaban J connectivity index is 2.51. The first-order valence-electron chi connectivity index (χ1n) is 6.19. The van der Waals surface area contributed by atoms with Crippen molar-refractivity contribution >= 4 is 12.0 Å². The normalized spacial score (nSPS) is 16.4. The van der Waals surface area contributed by atoms with Crippen molar-refractivity contribution in [2.24, 2.45) is 5.92 Å². The van der Waals surface area contributed by atoms with E-state index in [4.69, 9.17) is 5.11 Å². The summed E-state index contributed by atoms with van der Waals surface area (Å²) in [5, 5.41) is 8.75. The van der Waals surface area contributed by atoms with Gasteiger partial charge in [-0.2, -0.15) is 0 Å². The number of hydrogen-bond acceptors (Lipinski definition) is 2. The SMILES string of the molecule is CCN(C(=O)N(C)CC1CC1)C(C)CC(=O)O. The quantitative estimate of drug-likeness (QED) is 0.770. The second-order valence-electron chi connectivity index (χ2n) is 4.84. The zero-order chi connectivity index (χ0) is 13.0. The van der Waals surface area contributed by atoms with Crippen LogP contribution in [0.3, 0.4) is 0 Å². The molecule has 1 N–H and O–H groups in total. The number of hydrogen-bond donors (Lipinski definition) is 1. The maximum atomic E-state index is 12.1. The minimum atomic E-state index is -0.867. The van der Waals surface area contributed by atoms with Gasteiger partial charge in [0.25, 0.3) is 0 Å². The average Bonchev–Trinajstić information content (AvgIpc) is 3.01. The lowest BCUT2D eigenvalue weighted by molar-refractivity contribution is -0.138. The number of carboxylic acid groups (broad SMARTS) is 1. The topological polar surface area (TPSA) is 60.9 Å². The van der Waals surface area contributed by atoms with Crippen molar-refractivity contribution in [1.82, 2.24) is 9.80 Å². The highest BCUT2D eigenvalue weighted by Gasteiger charge is 2.28. The fourth-order valence-electron chi connectivity index (χ4n) is 1.98. The minimum Gasteiger partial charge on any atom is -0.481 e. The maximum absolute atomic E-state index is 12.1. The van der Waals surface area contributed by atoms with Crippen molar-refractivity contribution in [3.8, 4) is 0 Å². The molecule has 98 valence electrons. The van der Waals surface area contributed by atoms with Gasteiger partial charge in [-0.15, -0.1) is 0 Å². The Kier molecular flexibility index (Phi) is 4.78. The molecule has 0 heterocycles. The van der Waals surface area contributed by atoms with Crippen LogP contribution in [-0.2, 0) is 4.79 Å². The number of carbonyl (C=O) groups excluding carboxylic acids is 1. The molecule has 1 rings (SSSR count). The van der Waals surface area contributed by atoms with Crippen molar-refractivity contribution in [2.75, 3.05) is 20.1 Å². The lowest BCUT2D eigenvalue weighted by Crippen LogP contribution is -2.46. The van der Waals surface area contributed by atoms with E-state index in [9.17, 15) is 9.59 Å². The van der Waals surface area contributed by atoms with E-state index in [1.165, 1.54) is 12.8 Å². The molecule has 5 heteroatoms. The summed E-state index contributed by atoms with van der Waals surface area (Å²) in [5.74, 6) is -0.217. The Morgan fingerprint density at radius 1 is 1.41 bits per heavy atom. The van der Waals surface area contributed by atoms with Crippen LogP contribution < -0.4 is 0 Å². The monoisotopic (exact) mass is 242 g/mol. The van der Waals surface area contributed by atoms with E-state index in [0.717, 1.165) is 6.54 Å². The first kappa shape index (κ1) is 13.8. The molecule has 1 saturated carbocycles. The Labute approximate surface area is 102 Å². The van der Waals surface area contributed by atoms with Crippen LogP contribution in [0.15, 0.2) is 0 Å². The van der Waals surface area contributed by atoms with E-state index in [1.807, 2.05) is 6.92 Å². The average molecular weight is 242 g/mol. The molecule has 0 radical (unpaired) electrons. The van der Waals surface area contributed by atoms with E-state index >= 15 is 0 Å². The number of amides is 2. The third kappa shape index (κ3) is 4.24. The predicted molar refractivity (Wildman–Crippen MR) is 64.8 cm³/mol. The Morgan fingerprint density at radius 3 is 2.41 bits per heavy atom. The molecule has 1 aliphatic carbocycles. The first-order chi connectivity index (χ1) is 7.95. The molecule has 0 saturated heterocycles. The largest absolute Gasteiger partial charge is 0.481 e. The van der Waals surface area contributed by atoms with Gasteiger partial charge in [0.2, 0.25) is 0 Å². The summed E-state index contributed by atoms with van der Waals surface area (Å²) in [5.41, 5.74) is 0. The number of carbonyl (C=O) groups is 2.